The first-order valence-corrected chi connectivity index (χ1v) is 8.39. The first kappa shape index (κ1) is 17.0. The predicted octanol–water partition coefficient (Wildman–Crippen LogP) is 4.04. The van der Waals surface area contributed by atoms with Crippen molar-refractivity contribution in [3.63, 3.8) is 0 Å². The van der Waals surface area contributed by atoms with E-state index in [-0.39, 0.29) is 0 Å². The maximum atomic E-state index is 5.77. The molecule has 1 aliphatic rings. The van der Waals surface area contributed by atoms with Crippen LogP contribution in [0.2, 0.25) is 0 Å². The summed E-state index contributed by atoms with van der Waals surface area (Å²) in [7, 11) is 0. The first-order valence-electron chi connectivity index (χ1n) is 8.39. The van der Waals surface area contributed by atoms with Gasteiger partial charge >= 0.3 is 0 Å². The Balaban J connectivity index is 2.34. The monoisotopic (exact) mass is 268 g/mol. The van der Waals surface area contributed by atoms with Crippen molar-refractivity contribution in [2.45, 2.75) is 78.7 Å². The van der Waals surface area contributed by atoms with Gasteiger partial charge in [-0.1, -0.05) is 33.6 Å². The minimum absolute atomic E-state index is 0.407. The molecule has 0 aliphatic carbocycles. The number of likely N-dealkylation sites (tertiary alicyclic amines) is 1. The molecule has 0 saturated carbocycles. The van der Waals surface area contributed by atoms with E-state index in [9.17, 15) is 0 Å². The van der Waals surface area contributed by atoms with E-state index >= 15 is 0 Å². The maximum absolute atomic E-state index is 5.77. The molecule has 2 unspecified atom stereocenters. The normalized spacial score (nSPS) is 24.2. The lowest BCUT2D eigenvalue weighted by molar-refractivity contribution is 0.175. The second kappa shape index (κ2) is 8.26. The summed E-state index contributed by atoms with van der Waals surface area (Å²) in [5.74, 6) is 0.778. The van der Waals surface area contributed by atoms with E-state index in [1.165, 1.54) is 58.0 Å². The van der Waals surface area contributed by atoms with Gasteiger partial charge in [0, 0.05) is 6.04 Å². The molecule has 1 saturated heterocycles. The quantitative estimate of drug-likeness (QED) is 0.787. The van der Waals surface area contributed by atoms with Gasteiger partial charge in [-0.15, -0.1) is 0 Å². The Bertz CT molecular complexity index is 232. The van der Waals surface area contributed by atoms with Crippen LogP contribution in [0.25, 0.3) is 0 Å². The van der Waals surface area contributed by atoms with Gasteiger partial charge in [-0.3, -0.25) is 0 Å². The van der Waals surface area contributed by atoms with Crippen molar-refractivity contribution >= 4 is 0 Å². The predicted molar refractivity (Wildman–Crippen MR) is 85.4 cm³/mol. The van der Waals surface area contributed by atoms with Gasteiger partial charge in [-0.25, -0.2) is 0 Å². The second-order valence-corrected chi connectivity index (χ2v) is 7.52. The summed E-state index contributed by atoms with van der Waals surface area (Å²) in [4.78, 5) is 2.72. The lowest BCUT2D eigenvalue weighted by Crippen LogP contribution is -2.34. The highest BCUT2D eigenvalue weighted by Gasteiger charge is 2.24. The molecule has 0 aromatic heterocycles. The number of hydrogen-bond donors (Lipinski definition) is 1. The minimum Gasteiger partial charge on any atom is -0.330 e. The third-order valence-electron chi connectivity index (χ3n) is 4.93. The van der Waals surface area contributed by atoms with E-state index in [1.807, 2.05) is 0 Å². The molecule has 2 atom stereocenters. The van der Waals surface area contributed by atoms with Gasteiger partial charge in [-0.05, 0) is 70.0 Å². The fourth-order valence-electron chi connectivity index (χ4n) is 3.42. The topological polar surface area (TPSA) is 29.3 Å². The lowest BCUT2D eigenvalue weighted by Gasteiger charge is -2.32. The van der Waals surface area contributed by atoms with Crippen LogP contribution in [0.4, 0.5) is 0 Å². The fraction of sp³-hybridized carbons (Fsp3) is 1.00. The molecule has 0 amide bonds. The smallest absolute Gasteiger partial charge is 0.00669 e. The Hall–Kier alpha value is -0.0800. The summed E-state index contributed by atoms with van der Waals surface area (Å²) in [6.07, 6.45) is 9.50. The van der Waals surface area contributed by atoms with Crippen LogP contribution < -0.4 is 5.73 Å². The number of hydrogen-bond acceptors (Lipinski definition) is 2. The first-order chi connectivity index (χ1) is 8.95. The van der Waals surface area contributed by atoms with Gasteiger partial charge in [0.15, 0.2) is 0 Å². The van der Waals surface area contributed by atoms with Crippen LogP contribution in [0, 0.1) is 11.3 Å². The van der Waals surface area contributed by atoms with Crippen LogP contribution in [0.15, 0.2) is 0 Å². The zero-order valence-corrected chi connectivity index (χ0v) is 13.8. The Morgan fingerprint density at radius 2 is 1.89 bits per heavy atom. The van der Waals surface area contributed by atoms with Crippen LogP contribution in [-0.2, 0) is 0 Å². The van der Waals surface area contributed by atoms with Crippen molar-refractivity contribution in [3.8, 4) is 0 Å². The third-order valence-corrected chi connectivity index (χ3v) is 4.93. The van der Waals surface area contributed by atoms with Gasteiger partial charge in [0.25, 0.3) is 0 Å². The summed E-state index contributed by atoms with van der Waals surface area (Å²) in [6, 6.07) is 0.796. The molecular weight excluding hydrogens is 232 g/mol. The Morgan fingerprint density at radius 1 is 1.16 bits per heavy atom. The SMILES string of the molecule is CC1CCCCCN1CCCC(CCN)C(C)(C)C. The van der Waals surface area contributed by atoms with Crippen molar-refractivity contribution in [2.75, 3.05) is 19.6 Å². The van der Waals surface area contributed by atoms with Gasteiger partial charge in [0.05, 0.1) is 0 Å². The molecule has 1 heterocycles. The molecule has 19 heavy (non-hydrogen) atoms. The van der Waals surface area contributed by atoms with Crippen molar-refractivity contribution in [2.24, 2.45) is 17.1 Å². The van der Waals surface area contributed by atoms with E-state index in [2.05, 4.69) is 32.6 Å². The molecule has 2 N–H and O–H groups in total. The highest BCUT2D eigenvalue weighted by atomic mass is 15.1. The van der Waals surface area contributed by atoms with Crippen molar-refractivity contribution in [3.05, 3.63) is 0 Å². The zero-order valence-electron chi connectivity index (χ0n) is 13.8. The van der Waals surface area contributed by atoms with Gasteiger partial charge in [0.2, 0.25) is 0 Å². The molecule has 2 heteroatoms. The molecule has 1 aliphatic heterocycles. The van der Waals surface area contributed by atoms with Gasteiger partial charge < -0.3 is 10.6 Å². The van der Waals surface area contributed by atoms with Crippen molar-refractivity contribution in [1.82, 2.24) is 4.90 Å². The molecule has 0 bridgehead atoms. The highest BCUT2D eigenvalue weighted by molar-refractivity contribution is 4.76. The minimum atomic E-state index is 0.407. The number of nitrogens with zero attached hydrogens (tertiary/aromatic N) is 1. The summed E-state index contributed by atoms with van der Waals surface area (Å²) in [6.45, 7) is 12.9. The van der Waals surface area contributed by atoms with E-state index < -0.39 is 0 Å². The van der Waals surface area contributed by atoms with Crippen LogP contribution in [0.5, 0.6) is 0 Å². The van der Waals surface area contributed by atoms with E-state index in [1.54, 1.807) is 0 Å². The Kier molecular flexibility index (Phi) is 7.38. The third kappa shape index (κ3) is 6.27. The average molecular weight is 268 g/mol. The van der Waals surface area contributed by atoms with Gasteiger partial charge in [-0.2, -0.15) is 0 Å². The summed E-state index contributed by atoms with van der Waals surface area (Å²) in [5.41, 5.74) is 6.18. The summed E-state index contributed by atoms with van der Waals surface area (Å²) in [5, 5.41) is 0. The van der Waals surface area contributed by atoms with Crippen LogP contribution in [0.1, 0.15) is 72.6 Å². The van der Waals surface area contributed by atoms with Crippen molar-refractivity contribution in [1.29, 1.82) is 0 Å². The molecule has 2 nitrogen and oxygen atoms in total. The summed E-state index contributed by atoms with van der Waals surface area (Å²) < 4.78 is 0. The standard InChI is InChI=1S/C17H36N2/c1-15-9-6-5-7-13-19(15)14-8-10-16(11-12-18)17(2,3)4/h15-16H,5-14,18H2,1-4H3. The van der Waals surface area contributed by atoms with Crippen molar-refractivity contribution < 1.29 is 0 Å². The highest BCUT2D eigenvalue weighted by Crippen LogP contribution is 2.32. The number of rotatable bonds is 6. The Labute approximate surface area is 121 Å². The zero-order chi connectivity index (χ0) is 14.3. The number of nitrogens with two attached hydrogens (primary N) is 1. The van der Waals surface area contributed by atoms with E-state index in [0.29, 0.717) is 5.41 Å². The molecule has 1 fully saturated rings. The largest absolute Gasteiger partial charge is 0.330 e. The second-order valence-electron chi connectivity index (χ2n) is 7.52. The van der Waals surface area contributed by atoms with E-state index in [4.69, 9.17) is 5.73 Å². The molecule has 0 spiro atoms. The molecule has 0 aromatic rings. The lowest BCUT2D eigenvalue weighted by atomic mass is 9.76. The Morgan fingerprint density at radius 3 is 2.53 bits per heavy atom. The molecule has 0 aromatic carbocycles. The summed E-state index contributed by atoms with van der Waals surface area (Å²) >= 11 is 0. The fourth-order valence-corrected chi connectivity index (χ4v) is 3.42. The maximum Gasteiger partial charge on any atom is 0.00669 e. The molecule has 114 valence electrons. The van der Waals surface area contributed by atoms with Crippen LogP contribution in [-0.4, -0.2) is 30.6 Å². The van der Waals surface area contributed by atoms with Crippen LogP contribution >= 0.6 is 0 Å². The molecule has 0 radical (unpaired) electrons. The van der Waals surface area contributed by atoms with Gasteiger partial charge in [0.1, 0.15) is 0 Å². The average Bonchev–Trinajstić information content (AvgIpc) is 2.52. The van der Waals surface area contributed by atoms with E-state index in [0.717, 1.165) is 18.5 Å². The molecule has 1 rings (SSSR count). The van der Waals surface area contributed by atoms with Crippen LogP contribution in [0.3, 0.4) is 0 Å². The molecular formula is C17H36N2.